The Balaban J connectivity index is 2.76. The maximum absolute atomic E-state index is 4.32. The van der Waals surface area contributed by atoms with Gasteiger partial charge < -0.3 is 4.52 Å². The molecular formula is C4H5N2O. The zero-order valence-electron chi connectivity index (χ0n) is 4.01. The number of rotatable bonds is 1. The number of hydrogen-bond acceptors (Lipinski definition) is 3. The molecule has 1 radical (unpaired) electrons. The van der Waals surface area contributed by atoms with Gasteiger partial charge in [-0.15, -0.1) is 0 Å². The summed E-state index contributed by atoms with van der Waals surface area (Å²) in [7, 11) is 0. The van der Waals surface area contributed by atoms with E-state index in [0.29, 0.717) is 5.82 Å². The lowest BCUT2D eigenvalue weighted by molar-refractivity contribution is 0.403. The second kappa shape index (κ2) is 1.73. The Kier molecular flexibility index (Phi) is 1.06. The Bertz CT molecular complexity index is 124. The molecule has 3 nitrogen and oxygen atoms in total. The van der Waals surface area contributed by atoms with Crippen molar-refractivity contribution in [2.45, 2.75) is 13.3 Å². The van der Waals surface area contributed by atoms with E-state index >= 15 is 0 Å². The molecule has 0 aliphatic heterocycles. The van der Waals surface area contributed by atoms with Gasteiger partial charge in [0, 0.05) is 6.42 Å². The summed E-state index contributed by atoms with van der Waals surface area (Å²) in [5, 5.41) is 3.49. The monoisotopic (exact) mass is 97.0 g/mol. The highest BCUT2D eigenvalue weighted by atomic mass is 16.5. The first-order chi connectivity index (χ1) is 3.43. The van der Waals surface area contributed by atoms with E-state index in [1.165, 1.54) is 0 Å². The zero-order valence-corrected chi connectivity index (χ0v) is 4.01. The van der Waals surface area contributed by atoms with Gasteiger partial charge in [-0.05, 0) is 0 Å². The van der Waals surface area contributed by atoms with Crippen LogP contribution in [0.5, 0.6) is 0 Å². The van der Waals surface area contributed by atoms with Crippen LogP contribution >= 0.6 is 0 Å². The van der Waals surface area contributed by atoms with Crippen LogP contribution in [0.2, 0.25) is 0 Å². The third kappa shape index (κ3) is 0.765. The van der Waals surface area contributed by atoms with Gasteiger partial charge in [0.2, 0.25) is 0 Å². The number of nitrogens with zero attached hydrogens (tertiary/aromatic N) is 2. The predicted molar refractivity (Wildman–Crippen MR) is 22.5 cm³/mol. The zero-order chi connectivity index (χ0) is 5.11. The molecule has 0 aromatic carbocycles. The molecular weight excluding hydrogens is 92.1 g/mol. The topological polar surface area (TPSA) is 38.9 Å². The summed E-state index contributed by atoms with van der Waals surface area (Å²) in [5.74, 6) is 0.708. The number of aromatic nitrogens is 2. The van der Waals surface area contributed by atoms with Crippen molar-refractivity contribution in [2.75, 3.05) is 0 Å². The molecule has 3 heteroatoms. The van der Waals surface area contributed by atoms with Crippen LogP contribution in [0, 0.1) is 6.39 Å². The molecule has 0 aliphatic carbocycles. The average molecular weight is 97.1 g/mol. The van der Waals surface area contributed by atoms with Crippen molar-refractivity contribution in [3.05, 3.63) is 12.2 Å². The summed E-state index contributed by atoms with van der Waals surface area (Å²) in [5.41, 5.74) is 0. The predicted octanol–water partition coefficient (Wildman–Crippen LogP) is 0.432. The molecule has 0 aliphatic rings. The van der Waals surface area contributed by atoms with Gasteiger partial charge in [0.1, 0.15) is 0 Å². The van der Waals surface area contributed by atoms with Crippen LogP contribution < -0.4 is 0 Å². The van der Waals surface area contributed by atoms with Crippen LogP contribution in [0.1, 0.15) is 12.7 Å². The van der Waals surface area contributed by atoms with Crippen LogP contribution in [-0.4, -0.2) is 10.1 Å². The van der Waals surface area contributed by atoms with Gasteiger partial charge in [0.15, 0.2) is 5.82 Å². The first-order valence-electron chi connectivity index (χ1n) is 2.12. The Morgan fingerprint density at radius 2 is 2.71 bits per heavy atom. The SMILES string of the molecule is CCc1n[c]on1. The largest absolute Gasteiger partial charge is 0.329 e. The fraction of sp³-hybridized carbons (Fsp3) is 0.500. The Morgan fingerprint density at radius 3 is 3.00 bits per heavy atom. The van der Waals surface area contributed by atoms with Crippen molar-refractivity contribution in [1.82, 2.24) is 10.1 Å². The van der Waals surface area contributed by atoms with Crippen molar-refractivity contribution in [3.8, 4) is 0 Å². The third-order valence-electron chi connectivity index (χ3n) is 0.683. The molecule has 1 aromatic heterocycles. The van der Waals surface area contributed by atoms with Crippen molar-refractivity contribution in [2.24, 2.45) is 0 Å². The highest BCUT2D eigenvalue weighted by molar-refractivity contribution is 4.73. The first-order valence-corrected chi connectivity index (χ1v) is 2.12. The van der Waals surface area contributed by atoms with Crippen LogP contribution in [-0.2, 0) is 6.42 Å². The van der Waals surface area contributed by atoms with E-state index in [1.54, 1.807) is 0 Å². The Morgan fingerprint density at radius 1 is 1.86 bits per heavy atom. The molecule has 1 rings (SSSR count). The minimum Gasteiger partial charge on any atom is -0.329 e. The summed E-state index contributed by atoms with van der Waals surface area (Å²) in [6.07, 6.45) is 3.06. The summed E-state index contributed by atoms with van der Waals surface area (Å²) < 4.78 is 4.32. The molecule has 7 heavy (non-hydrogen) atoms. The third-order valence-corrected chi connectivity index (χ3v) is 0.683. The van der Waals surface area contributed by atoms with Crippen LogP contribution in [0.4, 0.5) is 0 Å². The maximum atomic E-state index is 4.32. The van der Waals surface area contributed by atoms with Gasteiger partial charge in [-0.1, -0.05) is 12.1 Å². The molecule has 37 valence electrons. The van der Waals surface area contributed by atoms with E-state index < -0.39 is 0 Å². The molecule has 1 aromatic rings. The molecule has 0 spiro atoms. The fourth-order valence-electron chi connectivity index (χ4n) is 0.310. The van der Waals surface area contributed by atoms with E-state index in [2.05, 4.69) is 21.1 Å². The molecule has 0 unspecified atom stereocenters. The minimum atomic E-state index is 0.708. The number of aryl methyl sites for hydroxylation is 1. The normalized spacial score (nSPS) is 9.29. The lowest BCUT2D eigenvalue weighted by atomic mass is 10.5. The van der Waals surface area contributed by atoms with Crippen LogP contribution in [0.15, 0.2) is 4.52 Å². The van der Waals surface area contributed by atoms with Gasteiger partial charge in [0.25, 0.3) is 0 Å². The van der Waals surface area contributed by atoms with Crippen LogP contribution in [0.3, 0.4) is 0 Å². The molecule has 0 atom stereocenters. The van der Waals surface area contributed by atoms with Crippen molar-refractivity contribution < 1.29 is 4.52 Å². The second-order valence-electron chi connectivity index (χ2n) is 1.16. The van der Waals surface area contributed by atoms with Gasteiger partial charge in [-0.25, -0.2) is 0 Å². The van der Waals surface area contributed by atoms with Crippen molar-refractivity contribution >= 4 is 0 Å². The Hall–Kier alpha value is -0.860. The molecule has 0 bridgehead atoms. The van der Waals surface area contributed by atoms with E-state index in [-0.39, 0.29) is 0 Å². The highest BCUT2D eigenvalue weighted by Crippen LogP contribution is 1.84. The fourth-order valence-corrected chi connectivity index (χ4v) is 0.310. The maximum Gasteiger partial charge on any atom is 0.316 e. The highest BCUT2D eigenvalue weighted by Gasteiger charge is 1.89. The van der Waals surface area contributed by atoms with E-state index in [4.69, 9.17) is 0 Å². The smallest absolute Gasteiger partial charge is 0.316 e. The molecule has 0 N–H and O–H groups in total. The lowest BCUT2D eigenvalue weighted by Gasteiger charge is -1.72. The molecule has 0 saturated carbocycles. The molecule has 1 heterocycles. The lowest BCUT2D eigenvalue weighted by Crippen LogP contribution is -1.78. The average Bonchev–Trinajstić information content (AvgIpc) is 2.14. The summed E-state index contributed by atoms with van der Waals surface area (Å²) in [6, 6.07) is 0. The van der Waals surface area contributed by atoms with Gasteiger partial charge in [-0.3, -0.25) is 0 Å². The van der Waals surface area contributed by atoms with E-state index in [1.807, 2.05) is 6.92 Å². The minimum absolute atomic E-state index is 0.708. The van der Waals surface area contributed by atoms with Crippen molar-refractivity contribution in [1.29, 1.82) is 0 Å². The molecule has 0 fully saturated rings. The molecule has 0 saturated heterocycles. The van der Waals surface area contributed by atoms with E-state index in [0.717, 1.165) is 6.42 Å². The molecule has 0 amide bonds. The van der Waals surface area contributed by atoms with Gasteiger partial charge >= 0.3 is 6.39 Å². The number of hydrogen-bond donors (Lipinski definition) is 0. The van der Waals surface area contributed by atoms with Crippen molar-refractivity contribution in [3.63, 3.8) is 0 Å². The van der Waals surface area contributed by atoms with E-state index in [9.17, 15) is 0 Å². The summed E-state index contributed by atoms with van der Waals surface area (Å²) in [4.78, 5) is 3.63. The summed E-state index contributed by atoms with van der Waals surface area (Å²) in [6.45, 7) is 1.96. The quantitative estimate of drug-likeness (QED) is 0.510. The van der Waals surface area contributed by atoms with Gasteiger partial charge in [0.05, 0.1) is 0 Å². The first kappa shape index (κ1) is 4.30. The Labute approximate surface area is 41.3 Å². The van der Waals surface area contributed by atoms with Crippen LogP contribution in [0.25, 0.3) is 0 Å². The summed E-state index contributed by atoms with van der Waals surface area (Å²) >= 11 is 0. The standard InChI is InChI=1S/C4H5N2O/c1-2-4-5-3-7-6-4/h2H2,1H3. The van der Waals surface area contributed by atoms with Gasteiger partial charge in [-0.2, -0.15) is 4.98 Å². The second-order valence-corrected chi connectivity index (χ2v) is 1.16.